The number of carbonyl (C=O) groups is 1. The van der Waals surface area contributed by atoms with E-state index in [0.29, 0.717) is 13.2 Å². The number of rotatable bonds is 6. The first-order chi connectivity index (χ1) is 9.02. The van der Waals surface area contributed by atoms with Gasteiger partial charge in [0.25, 0.3) is 0 Å². The number of likely N-dealkylation sites (N-methyl/N-ethyl adjacent to an activating group) is 1. The van der Waals surface area contributed by atoms with Crippen LogP contribution in [0.5, 0.6) is 5.75 Å². The van der Waals surface area contributed by atoms with Crippen LogP contribution in [0.4, 0.5) is 4.79 Å². The summed E-state index contributed by atoms with van der Waals surface area (Å²) in [6, 6.07) is 7.46. The average Bonchev–Trinajstić information content (AvgIpc) is 2.36. The van der Waals surface area contributed by atoms with Gasteiger partial charge >= 0.3 is 6.03 Å². The molecule has 1 aromatic carbocycles. The standard InChI is InChI=1S/C14H22N2O3/c1-11-5-4-6-13(9-11)19-10-12(2)15-14(18)16(3)7-8-17/h4-6,9,12,17H,7-8,10H2,1-3H3,(H,15,18). The molecule has 1 unspecified atom stereocenters. The van der Waals surface area contributed by atoms with Gasteiger partial charge in [0.05, 0.1) is 12.6 Å². The Hall–Kier alpha value is -1.75. The molecule has 2 amide bonds. The second-order valence-corrected chi connectivity index (χ2v) is 4.62. The minimum atomic E-state index is -0.214. The lowest BCUT2D eigenvalue weighted by Gasteiger charge is -2.20. The number of urea groups is 1. The summed E-state index contributed by atoms with van der Waals surface area (Å²) in [6.07, 6.45) is 0. The molecule has 1 aromatic rings. The summed E-state index contributed by atoms with van der Waals surface area (Å²) in [5.74, 6) is 0.796. The monoisotopic (exact) mass is 266 g/mol. The van der Waals surface area contributed by atoms with Gasteiger partial charge in [0, 0.05) is 13.6 Å². The zero-order valence-corrected chi connectivity index (χ0v) is 11.7. The molecule has 5 heteroatoms. The van der Waals surface area contributed by atoms with Gasteiger partial charge in [0.2, 0.25) is 0 Å². The van der Waals surface area contributed by atoms with E-state index in [0.717, 1.165) is 11.3 Å². The fourth-order valence-corrected chi connectivity index (χ4v) is 1.54. The topological polar surface area (TPSA) is 61.8 Å². The second kappa shape index (κ2) is 7.63. The van der Waals surface area contributed by atoms with Crippen LogP contribution in [0.3, 0.4) is 0 Å². The number of nitrogens with one attached hydrogen (secondary N) is 1. The number of carbonyl (C=O) groups excluding carboxylic acids is 1. The Morgan fingerprint density at radius 1 is 1.53 bits per heavy atom. The molecule has 2 N–H and O–H groups in total. The lowest BCUT2D eigenvalue weighted by molar-refractivity contribution is 0.182. The van der Waals surface area contributed by atoms with Crippen LogP contribution in [0.15, 0.2) is 24.3 Å². The van der Waals surface area contributed by atoms with Crippen LogP contribution >= 0.6 is 0 Å². The Morgan fingerprint density at radius 3 is 2.89 bits per heavy atom. The fourth-order valence-electron chi connectivity index (χ4n) is 1.54. The SMILES string of the molecule is Cc1cccc(OCC(C)NC(=O)N(C)CCO)c1. The van der Waals surface area contributed by atoms with Gasteiger partial charge in [-0.3, -0.25) is 0 Å². The van der Waals surface area contributed by atoms with Gasteiger partial charge in [0.1, 0.15) is 12.4 Å². The van der Waals surface area contributed by atoms with Crippen molar-refractivity contribution < 1.29 is 14.6 Å². The summed E-state index contributed by atoms with van der Waals surface area (Å²) in [5, 5.41) is 11.6. The number of aryl methyl sites for hydroxylation is 1. The third-order valence-corrected chi connectivity index (χ3v) is 2.64. The number of ether oxygens (including phenoxy) is 1. The molecule has 0 aliphatic heterocycles. The van der Waals surface area contributed by atoms with Crippen LogP contribution in [0.2, 0.25) is 0 Å². The quantitative estimate of drug-likeness (QED) is 0.818. The molecule has 0 aliphatic rings. The summed E-state index contributed by atoms with van der Waals surface area (Å²) < 4.78 is 5.61. The van der Waals surface area contributed by atoms with Crippen LogP contribution < -0.4 is 10.1 Å². The summed E-state index contributed by atoms with van der Waals surface area (Å²) in [6.45, 7) is 4.56. The Kier molecular flexibility index (Phi) is 6.15. The molecule has 0 aromatic heterocycles. The predicted molar refractivity (Wildman–Crippen MR) is 74.4 cm³/mol. The first-order valence-electron chi connectivity index (χ1n) is 6.35. The lowest BCUT2D eigenvalue weighted by atomic mass is 10.2. The molecule has 0 bridgehead atoms. The maximum absolute atomic E-state index is 11.7. The minimum absolute atomic E-state index is 0.0436. The third-order valence-electron chi connectivity index (χ3n) is 2.64. The summed E-state index contributed by atoms with van der Waals surface area (Å²) >= 11 is 0. The molecule has 0 heterocycles. The highest BCUT2D eigenvalue weighted by molar-refractivity contribution is 5.74. The van der Waals surface area contributed by atoms with Crippen molar-refractivity contribution in [1.82, 2.24) is 10.2 Å². The number of aliphatic hydroxyl groups is 1. The number of hydrogen-bond acceptors (Lipinski definition) is 3. The van der Waals surface area contributed by atoms with Crippen molar-refractivity contribution in [2.45, 2.75) is 19.9 Å². The van der Waals surface area contributed by atoms with Crippen LogP contribution in [0.1, 0.15) is 12.5 Å². The zero-order chi connectivity index (χ0) is 14.3. The normalized spacial score (nSPS) is 11.8. The smallest absolute Gasteiger partial charge is 0.317 e. The van der Waals surface area contributed by atoms with Crippen molar-refractivity contribution in [3.8, 4) is 5.75 Å². The van der Waals surface area contributed by atoms with Crippen LogP contribution in [-0.4, -0.2) is 48.9 Å². The lowest BCUT2D eigenvalue weighted by Crippen LogP contribution is -2.44. The fraction of sp³-hybridized carbons (Fsp3) is 0.500. The molecular formula is C14H22N2O3. The van der Waals surface area contributed by atoms with Gasteiger partial charge < -0.3 is 20.1 Å². The highest BCUT2D eigenvalue weighted by Crippen LogP contribution is 2.12. The van der Waals surface area contributed by atoms with E-state index < -0.39 is 0 Å². The number of aliphatic hydroxyl groups excluding tert-OH is 1. The molecule has 0 spiro atoms. The minimum Gasteiger partial charge on any atom is -0.491 e. The molecule has 5 nitrogen and oxygen atoms in total. The van der Waals surface area contributed by atoms with Crippen molar-refractivity contribution in [3.05, 3.63) is 29.8 Å². The van der Waals surface area contributed by atoms with E-state index in [1.807, 2.05) is 38.1 Å². The van der Waals surface area contributed by atoms with Crippen molar-refractivity contribution in [1.29, 1.82) is 0 Å². The predicted octanol–water partition coefficient (Wildman–Crippen LogP) is 1.40. The molecule has 1 atom stereocenters. The van der Waals surface area contributed by atoms with Crippen molar-refractivity contribution >= 4 is 6.03 Å². The van der Waals surface area contributed by atoms with E-state index in [-0.39, 0.29) is 18.7 Å². The average molecular weight is 266 g/mol. The number of hydrogen-bond donors (Lipinski definition) is 2. The summed E-state index contributed by atoms with van der Waals surface area (Å²) in [7, 11) is 1.64. The Labute approximate surface area is 114 Å². The Balaban J connectivity index is 2.35. The molecule has 0 saturated carbocycles. The van der Waals surface area contributed by atoms with Gasteiger partial charge in [0.15, 0.2) is 0 Å². The van der Waals surface area contributed by atoms with E-state index in [2.05, 4.69) is 5.32 Å². The molecule has 19 heavy (non-hydrogen) atoms. The second-order valence-electron chi connectivity index (χ2n) is 4.62. The molecule has 0 fully saturated rings. The highest BCUT2D eigenvalue weighted by atomic mass is 16.5. The first kappa shape index (κ1) is 15.3. The Bertz CT molecular complexity index is 409. The van der Waals surface area contributed by atoms with Gasteiger partial charge in [-0.1, -0.05) is 12.1 Å². The van der Waals surface area contributed by atoms with Crippen LogP contribution in [0.25, 0.3) is 0 Å². The maximum Gasteiger partial charge on any atom is 0.317 e. The number of benzene rings is 1. The van der Waals surface area contributed by atoms with Gasteiger partial charge in [-0.25, -0.2) is 4.79 Å². The maximum atomic E-state index is 11.7. The third kappa shape index (κ3) is 5.61. The van der Waals surface area contributed by atoms with E-state index in [1.165, 1.54) is 4.90 Å². The van der Waals surface area contributed by atoms with E-state index in [4.69, 9.17) is 9.84 Å². The molecule has 1 rings (SSSR count). The Morgan fingerprint density at radius 2 is 2.26 bits per heavy atom. The number of amides is 2. The highest BCUT2D eigenvalue weighted by Gasteiger charge is 2.11. The van der Waals surface area contributed by atoms with Crippen molar-refractivity contribution in [2.24, 2.45) is 0 Å². The van der Waals surface area contributed by atoms with Gasteiger partial charge in [-0.05, 0) is 31.5 Å². The zero-order valence-electron chi connectivity index (χ0n) is 11.7. The van der Waals surface area contributed by atoms with Crippen LogP contribution in [0, 0.1) is 6.92 Å². The molecular weight excluding hydrogens is 244 g/mol. The van der Waals surface area contributed by atoms with E-state index >= 15 is 0 Å². The van der Waals surface area contributed by atoms with Crippen molar-refractivity contribution in [2.75, 3.05) is 26.8 Å². The van der Waals surface area contributed by atoms with E-state index in [1.54, 1.807) is 7.05 Å². The number of nitrogens with zero attached hydrogens (tertiary/aromatic N) is 1. The summed E-state index contributed by atoms with van der Waals surface area (Å²) in [4.78, 5) is 13.1. The molecule has 106 valence electrons. The van der Waals surface area contributed by atoms with Crippen molar-refractivity contribution in [3.63, 3.8) is 0 Å². The first-order valence-corrected chi connectivity index (χ1v) is 6.35. The van der Waals surface area contributed by atoms with Gasteiger partial charge in [-0.15, -0.1) is 0 Å². The largest absolute Gasteiger partial charge is 0.491 e. The van der Waals surface area contributed by atoms with Gasteiger partial charge in [-0.2, -0.15) is 0 Å². The molecule has 0 saturated heterocycles. The molecule has 0 radical (unpaired) electrons. The summed E-state index contributed by atoms with van der Waals surface area (Å²) in [5.41, 5.74) is 1.14. The van der Waals surface area contributed by atoms with E-state index in [9.17, 15) is 4.79 Å². The van der Waals surface area contributed by atoms with Crippen LogP contribution in [-0.2, 0) is 0 Å². The molecule has 0 aliphatic carbocycles.